The summed E-state index contributed by atoms with van der Waals surface area (Å²) in [6, 6.07) is 5.76. The van der Waals surface area contributed by atoms with Gasteiger partial charge in [0.05, 0.1) is 0 Å². The molecule has 1 N–H and O–H groups in total. The highest BCUT2D eigenvalue weighted by molar-refractivity contribution is 5.35. The molecule has 106 valence electrons. The minimum absolute atomic E-state index is 0.0459. The van der Waals surface area contributed by atoms with Crippen molar-refractivity contribution in [1.82, 2.24) is 5.32 Å². The molecule has 1 aromatic carbocycles. The zero-order valence-electron chi connectivity index (χ0n) is 12.8. The van der Waals surface area contributed by atoms with Gasteiger partial charge in [0, 0.05) is 11.6 Å². The fourth-order valence-electron chi connectivity index (χ4n) is 3.61. The SMILES string of the molecule is CC(C)(C)CC(C)(C)NC1CCc2c(F)cccc21. The predicted molar refractivity (Wildman–Crippen MR) is 78.7 cm³/mol. The average Bonchev–Trinajstić information content (AvgIpc) is 2.58. The molecule has 0 fully saturated rings. The maximum Gasteiger partial charge on any atom is 0.126 e. The summed E-state index contributed by atoms with van der Waals surface area (Å²) in [5.41, 5.74) is 2.42. The van der Waals surface area contributed by atoms with Crippen molar-refractivity contribution >= 4 is 0 Å². The zero-order chi connectivity index (χ0) is 14.3. The second-order valence-corrected chi connectivity index (χ2v) is 7.66. The molecule has 1 aliphatic rings. The first-order valence-corrected chi connectivity index (χ1v) is 7.23. The van der Waals surface area contributed by atoms with Crippen LogP contribution in [0.4, 0.5) is 4.39 Å². The Hall–Kier alpha value is -0.890. The van der Waals surface area contributed by atoms with E-state index in [9.17, 15) is 4.39 Å². The Labute approximate surface area is 116 Å². The third kappa shape index (κ3) is 3.56. The van der Waals surface area contributed by atoms with Crippen LogP contribution < -0.4 is 5.32 Å². The van der Waals surface area contributed by atoms with Gasteiger partial charge in [0.15, 0.2) is 0 Å². The number of hydrogen-bond acceptors (Lipinski definition) is 1. The quantitative estimate of drug-likeness (QED) is 0.839. The maximum absolute atomic E-state index is 13.7. The largest absolute Gasteiger partial charge is 0.305 e. The van der Waals surface area contributed by atoms with E-state index in [1.165, 1.54) is 0 Å². The van der Waals surface area contributed by atoms with Crippen LogP contribution in [0.25, 0.3) is 0 Å². The van der Waals surface area contributed by atoms with E-state index >= 15 is 0 Å². The lowest BCUT2D eigenvalue weighted by atomic mass is 9.81. The van der Waals surface area contributed by atoms with Crippen LogP contribution in [0.5, 0.6) is 0 Å². The standard InChI is InChI=1S/C17H26FN/c1-16(2,3)11-17(4,5)19-15-10-9-12-13(15)7-6-8-14(12)18/h6-8,15,19H,9-11H2,1-5H3. The van der Waals surface area contributed by atoms with E-state index in [4.69, 9.17) is 0 Å². The Bertz CT molecular complexity index is 457. The van der Waals surface area contributed by atoms with Gasteiger partial charge >= 0.3 is 0 Å². The lowest BCUT2D eigenvalue weighted by molar-refractivity contribution is 0.222. The maximum atomic E-state index is 13.7. The Balaban J connectivity index is 2.13. The summed E-state index contributed by atoms with van der Waals surface area (Å²) in [7, 11) is 0. The van der Waals surface area contributed by atoms with Crippen molar-refractivity contribution in [2.24, 2.45) is 5.41 Å². The van der Waals surface area contributed by atoms with Crippen LogP contribution in [0.15, 0.2) is 18.2 Å². The van der Waals surface area contributed by atoms with Crippen molar-refractivity contribution in [1.29, 1.82) is 0 Å². The molecular weight excluding hydrogens is 237 g/mol. The van der Waals surface area contributed by atoms with E-state index in [0.717, 1.165) is 30.4 Å². The van der Waals surface area contributed by atoms with Crippen molar-refractivity contribution in [2.75, 3.05) is 0 Å². The molecule has 19 heavy (non-hydrogen) atoms. The molecule has 1 atom stereocenters. The van der Waals surface area contributed by atoms with Crippen LogP contribution >= 0.6 is 0 Å². The third-order valence-corrected chi connectivity index (χ3v) is 3.75. The van der Waals surface area contributed by atoms with Crippen molar-refractivity contribution < 1.29 is 4.39 Å². The highest BCUT2D eigenvalue weighted by Crippen LogP contribution is 2.36. The van der Waals surface area contributed by atoms with Crippen LogP contribution in [0.3, 0.4) is 0 Å². The summed E-state index contributed by atoms with van der Waals surface area (Å²) < 4.78 is 13.7. The molecule has 0 saturated heterocycles. The van der Waals surface area contributed by atoms with Crippen molar-refractivity contribution in [3.63, 3.8) is 0 Å². The molecule has 1 aliphatic carbocycles. The lowest BCUT2D eigenvalue weighted by Gasteiger charge is -2.36. The van der Waals surface area contributed by atoms with Gasteiger partial charge in [-0.3, -0.25) is 0 Å². The Kier molecular flexibility index (Phi) is 3.74. The van der Waals surface area contributed by atoms with E-state index in [0.29, 0.717) is 11.5 Å². The number of halogens is 1. The summed E-state index contributed by atoms with van der Waals surface area (Å²) in [5.74, 6) is -0.0459. The van der Waals surface area contributed by atoms with Crippen LogP contribution in [-0.4, -0.2) is 5.54 Å². The topological polar surface area (TPSA) is 12.0 Å². The smallest absolute Gasteiger partial charge is 0.126 e. The molecule has 2 heteroatoms. The molecular formula is C17H26FN. The number of hydrogen-bond donors (Lipinski definition) is 1. The summed E-state index contributed by atoms with van der Waals surface area (Å²) in [6.45, 7) is 11.3. The summed E-state index contributed by atoms with van der Waals surface area (Å²) >= 11 is 0. The summed E-state index contributed by atoms with van der Waals surface area (Å²) in [4.78, 5) is 0. The number of fused-ring (bicyclic) bond motifs is 1. The molecule has 0 saturated carbocycles. The van der Waals surface area contributed by atoms with Crippen molar-refractivity contribution in [2.45, 2.75) is 65.5 Å². The normalized spacial score (nSPS) is 19.6. The fourth-order valence-corrected chi connectivity index (χ4v) is 3.61. The van der Waals surface area contributed by atoms with Gasteiger partial charge in [-0.1, -0.05) is 32.9 Å². The van der Waals surface area contributed by atoms with E-state index < -0.39 is 0 Å². The van der Waals surface area contributed by atoms with Gasteiger partial charge in [-0.15, -0.1) is 0 Å². The minimum atomic E-state index is -0.0459. The molecule has 1 aromatic rings. The first-order valence-electron chi connectivity index (χ1n) is 7.23. The summed E-state index contributed by atoms with van der Waals surface area (Å²) in [5, 5.41) is 3.73. The lowest BCUT2D eigenvalue weighted by Crippen LogP contribution is -2.43. The van der Waals surface area contributed by atoms with Gasteiger partial charge < -0.3 is 5.32 Å². The first-order chi connectivity index (χ1) is 8.68. The van der Waals surface area contributed by atoms with Crippen LogP contribution in [0.2, 0.25) is 0 Å². The van der Waals surface area contributed by atoms with Crippen LogP contribution in [0, 0.1) is 11.2 Å². The average molecular weight is 263 g/mol. The summed E-state index contributed by atoms with van der Waals surface area (Å²) in [6.07, 6.45) is 2.95. The predicted octanol–water partition coefficient (Wildman–Crippen LogP) is 4.62. The Morgan fingerprint density at radius 2 is 1.89 bits per heavy atom. The number of benzene rings is 1. The monoisotopic (exact) mass is 263 g/mol. The molecule has 2 rings (SSSR count). The molecule has 0 aromatic heterocycles. The Morgan fingerprint density at radius 1 is 1.21 bits per heavy atom. The van der Waals surface area contributed by atoms with Crippen LogP contribution in [-0.2, 0) is 6.42 Å². The molecule has 0 bridgehead atoms. The molecule has 0 amide bonds. The molecule has 0 heterocycles. The molecule has 0 spiro atoms. The van der Waals surface area contributed by atoms with E-state index in [2.05, 4.69) is 46.0 Å². The number of rotatable bonds is 3. The van der Waals surface area contributed by atoms with Gasteiger partial charge in [0.25, 0.3) is 0 Å². The van der Waals surface area contributed by atoms with Gasteiger partial charge in [0.2, 0.25) is 0 Å². The zero-order valence-corrected chi connectivity index (χ0v) is 12.8. The van der Waals surface area contributed by atoms with Gasteiger partial charge in [-0.2, -0.15) is 0 Å². The molecule has 1 unspecified atom stereocenters. The van der Waals surface area contributed by atoms with Crippen molar-refractivity contribution in [3.05, 3.63) is 35.1 Å². The second kappa shape index (κ2) is 4.90. The molecule has 0 aliphatic heterocycles. The second-order valence-electron chi connectivity index (χ2n) is 7.66. The molecule has 1 nitrogen and oxygen atoms in total. The molecule has 0 radical (unpaired) electrons. The first kappa shape index (κ1) is 14.5. The number of nitrogens with one attached hydrogen (secondary N) is 1. The van der Waals surface area contributed by atoms with Crippen molar-refractivity contribution in [3.8, 4) is 0 Å². The van der Waals surface area contributed by atoms with Gasteiger partial charge in [-0.05, 0) is 55.7 Å². The highest BCUT2D eigenvalue weighted by Gasteiger charge is 2.32. The third-order valence-electron chi connectivity index (χ3n) is 3.75. The van der Waals surface area contributed by atoms with Gasteiger partial charge in [-0.25, -0.2) is 4.39 Å². The minimum Gasteiger partial charge on any atom is -0.305 e. The highest BCUT2D eigenvalue weighted by atomic mass is 19.1. The van der Waals surface area contributed by atoms with E-state index in [-0.39, 0.29) is 11.4 Å². The van der Waals surface area contributed by atoms with E-state index in [1.807, 2.05) is 6.07 Å². The fraction of sp³-hybridized carbons (Fsp3) is 0.647. The van der Waals surface area contributed by atoms with E-state index in [1.54, 1.807) is 6.07 Å². The Morgan fingerprint density at radius 3 is 2.53 bits per heavy atom. The van der Waals surface area contributed by atoms with Gasteiger partial charge in [0.1, 0.15) is 5.82 Å². The van der Waals surface area contributed by atoms with Crippen LogP contribution in [0.1, 0.15) is 64.6 Å².